The van der Waals surface area contributed by atoms with Gasteiger partial charge in [-0.15, -0.1) is 0 Å². The van der Waals surface area contributed by atoms with Gasteiger partial charge in [0, 0.05) is 17.0 Å². The van der Waals surface area contributed by atoms with E-state index in [2.05, 4.69) is 39.3 Å². The van der Waals surface area contributed by atoms with Gasteiger partial charge >= 0.3 is 0 Å². The third-order valence-corrected chi connectivity index (χ3v) is 2.54. The zero-order valence-corrected chi connectivity index (χ0v) is 8.90. The van der Waals surface area contributed by atoms with Gasteiger partial charge in [-0.1, -0.05) is 23.0 Å². The van der Waals surface area contributed by atoms with Crippen LogP contribution in [0.2, 0.25) is 0 Å². The predicted octanol–water partition coefficient (Wildman–Crippen LogP) is 1.99. The fourth-order valence-corrected chi connectivity index (χ4v) is 1.76. The van der Waals surface area contributed by atoms with Crippen LogP contribution >= 0.6 is 0 Å². The summed E-state index contributed by atoms with van der Waals surface area (Å²) in [7, 11) is 0. The summed E-state index contributed by atoms with van der Waals surface area (Å²) in [4.78, 5) is 2.65. The summed E-state index contributed by atoms with van der Waals surface area (Å²) < 4.78 is 0. The molecule has 1 aromatic carbocycles. The van der Waals surface area contributed by atoms with Crippen molar-refractivity contribution in [1.82, 2.24) is 5.32 Å². The topological polar surface area (TPSA) is 60.8 Å². The first kappa shape index (κ1) is 10.6. The number of hydrogen-bond acceptors (Lipinski definition) is 2. The van der Waals surface area contributed by atoms with Gasteiger partial charge < -0.3 is 5.32 Å². The van der Waals surface area contributed by atoms with E-state index < -0.39 is 0 Å². The lowest BCUT2D eigenvalue weighted by molar-refractivity contribution is 0.643. The van der Waals surface area contributed by atoms with Crippen LogP contribution in [0.4, 0.5) is 0 Å². The smallest absolute Gasteiger partial charge is 0.0880 e. The van der Waals surface area contributed by atoms with Gasteiger partial charge in [0.05, 0.1) is 6.54 Å². The van der Waals surface area contributed by atoms with Crippen LogP contribution in [0, 0.1) is 11.8 Å². The average molecular weight is 212 g/mol. The molecule has 0 unspecified atom stereocenters. The van der Waals surface area contributed by atoms with Crippen molar-refractivity contribution < 1.29 is 0 Å². The van der Waals surface area contributed by atoms with Crippen LogP contribution in [-0.2, 0) is 13.0 Å². The quantitative estimate of drug-likeness (QED) is 0.329. The Kier molecular flexibility index (Phi) is 3.45. The maximum Gasteiger partial charge on any atom is 0.0880 e. The lowest BCUT2D eigenvalue weighted by atomic mass is 9.99. The second-order valence-corrected chi connectivity index (χ2v) is 3.60. The second-order valence-electron chi connectivity index (χ2n) is 3.60. The minimum Gasteiger partial charge on any atom is -0.312 e. The minimum atomic E-state index is 0.231. The molecule has 0 amide bonds. The Labute approximate surface area is 94.3 Å². The molecule has 2 rings (SSSR count). The Balaban J connectivity index is 2.15. The van der Waals surface area contributed by atoms with Crippen molar-refractivity contribution in [1.29, 1.82) is 0 Å². The standard InChI is InChI=1S/C12H12N4/c13-16-15-6-1-2-10-3-4-12-9-14-7-5-11(12)8-10/h3-4,8,14H,5-7,9H2. The van der Waals surface area contributed by atoms with E-state index in [1.165, 1.54) is 11.1 Å². The van der Waals surface area contributed by atoms with Crippen molar-refractivity contribution >= 4 is 0 Å². The SMILES string of the molecule is [N-]=[N+]=NCC#Cc1ccc2c(c1)CCNC2. The molecule has 4 heteroatoms. The molecule has 0 bridgehead atoms. The zero-order valence-electron chi connectivity index (χ0n) is 8.90. The van der Waals surface area contributed by atoms with Gasteiger partial charge in [0.1, 0.15) is 0 Å². The van der Waals surface area contributed by atoms with E-state index in [-0.39, 0.29) is 6.54 Å². The number of nitrogens with one attached hydrogen (secondary N) is 1. The molecule has 1 aliphatic rings. The first-order chi connectivity index (χ1) is 7.90. The van der Waals surface area contributed by atoms with E-state index in [1.807, 2.05) is 6.07 Å². The van der Waals surface area contributed by atoms with E-state index in [0.717, 1.165) is 25.1 Å². The van der Waals surface area contributed by atoms with Crippen LogP contribution in [-0.4, -0.2) is 13.1 Å². The van der Waals surface area contributed by atoms with Gasteiger partial charge in [0.2, 0.25) is 0 Å². The Hall–Kier alpha value is -1.95. The van der Waals surface area contributed by atoms with Crippen molar-refractivity contribution in [3.05, 3.63) is 45.3 Å². The number of rotatable bonds is 1. The Morgan fingerprint density at radius 3 is 3.25 bits per heavy atom. The summed E-state index contributed by atoms with van der Waals surface area (Å²) in [6.07, 6.45) is 1.06. The molecule has 4 nitrogen and oxygen atoms in total. The van der Waals surface area contributed by atoms with Crippen molar-refractivity contribution in [2.75, 3.05) is 13.1 Å². The molecule has 1 aliphatic heterocycles. The molecule has 0 saturated carbocycles. The fourth-order valence-electron chi connectivity index (χ4n) is 1.76. The predicted molar refractivity (Wildman–Crippen MR) is 62.7 cm³/mol. The lowest BCUT2D eigenvalue weighted by Crippen LogP contribution is -2.23. The fraction of sp³-hybridized carbons (Fsp3) is 0.333. The first-order valence-corrected chi connectivity index (χ1v) is 5.22. The number of fused-ring (bicyclic) bond motifs is 1. The molecule has 1 aromatic rings. The molecular weight excluding hydrogens is 200 g/mol. The van der Waals surface area contributed by atoms with Gasteiger partial charge in [0.15, 0.2) is 0 Å². The number of hydrogen-bond donors (Lipinski definition) is 1. The summed E-state index contributed by atoms with van der Waals surface area (Å²) in [5.74, 6) is 5.82. The molecule has 0 fully saturated rings. The monoisotopic (exact) mass is 212 g/mol. The highest BCUT2D eigenvalue weighted by Gasteiger charge is 2.07. The van der Waals surface area contributed by atoms with Gasteiger partial charge in [-0.25, -0.2) is 0 Å². The summed E-state index contributed by atoms with van der Waals surface area (Å²) in [6, 6.07) is 6.24. The maximum atomic E-state index is 8.11. The van der Waals surface area contributed by atoms with Gasteiger partial charge in [-0.05, 0) is 41.8 Å². The van der Waals surface area contributed by atoms with E-state index in [9.17, 15) is 0 Å². The van der Waals surface area contributed by atoms with Crippen molar-refractivity contribution in [3.63, 3.8) is 0 Å². The molecule has 1 heterocycles. The van der Waals surface area contributed by atoms with Crippen LogP contribution in [0.1, 0.15) is 16.7 Å². The van der Waals surface area contributed by atoms with Crippen LogP contribution in [0.5, 0.6) is 0 Å². The third kappa shape index (κ3) is 2.54. The van der Waals surface area contributed by atoms with Gasteiger partial charge in [-0.2, -0.15) is 0 Å². The maximum absolute atomic E-state index is 8.11. The van der Waals surface area contributed by atoms with Crippen LogP contribution in [0.3, 0.4) is 0 Å². The molecule has 16 heavy (non-hydrogen) atoms. The van der Waals surface area contributed by atoms with Crippen LogP contribution in [0.15, 0.2) is 23.3 Å². The molecular formula is C12H12N4. The lowest BCUT2D eigenvalue weighted by Gasteiger charge is -2.16. The molecule has 0 atom stereocenters. The molecule has 0 spiro atoms. The number of nitrogens with zero attached hydrogens (tertiary/aromatic N) is 3. The largest absolute Gasteiger partial charge is 0.312 e. The van der Waals surface area contributed by atoms with Crippen molar-refractivity contribution in [3.8, 4) is 11.8 Å². The highest BCUT2D eigenvalue weighted by molar-refractivity contribution is 5.42. The second kappa shape index (κ2) is 5.22. The first-order valence-electron chi connectivity index (χ1n) is 5.22. The van der Waals surface area contributed by atoms with Gasteiger partial charge in [0.25, 0.3) is 0 Å². The Bertz CT molecular complexity index is 489. The highest BCUT2D eigenvalue weighted by atomic mass is 15.1. The average Bonchev–Trinajstić information content (AvgIpc) is 2.34. The zero-order chi connectivity index (χ0) is 11.2. The summed E-state index contributed by atoms with van der Waals surface area (Å²) in [5.41, 5.74) is 11.8. The number of azide groups is 1. The van der Waals surface area contributed by atoms with Crippen LogP contribution in [0.25, 0.3) is 10.4 Å². The van der Waals surface area contributed by atoms with E-state index >= 15 is 0 Å². The Morgan fingerprint density at radius 2 is 2.38 bits per heavy atom. The minimum absolute atomic E-state index is 0.231. The molecule has 0 aliphatic carbocycles. The molecule has 80 valence electrons. The highest BCUT2D eigenvalue weighted by Crippen LogP contribution is 2.15. The normalized spacial score (nSPS) is 13.0. The molecule has 0 saturated heterocycles. The van der Waals surface area contributed by atoms with E-state index in [0.29, 0.717) is 0 Å². The third-order valence-electron chi connectivity index (χ3n) is 2.54. The molecule has 0 radical (unpaired) electrons. The molecule has 1 N–H and O–H groups in total. The number of benzene rings is 1. The van der Waals surface area contributed by atoms with Crippen molar-refractivity contribution in [2.24, 2.45) is 5.11 Å². The summed E-state index contributed by atoms with van der Waals surface area (Å²) >= 11 is 0. The van der Waals surface area contributed by atoms with Crippen LogP contribution < -0.4 is 5.32 Å². The summed E-state index contributed by atoms with van der Waals surface area (Å²) in [6.45, 7) is 2.21. The van der Waals surface area contributed by atoms with Crippen molar-refractivity contribution in [2.45, 2.75) is 13.0 Å². The van der Waals surface area contributed by atoms with E-state index in [1.54, 1.807) is 0 Å². The Morgan fingerprint density at radius 1 is 1.44 bits per heavy atom. The van der Waals surface area contributed by atoms with E-state index in [4.69, 9.17) is 5.53 Å². The molecule has 0 aromatic heterocycles. The van der Waals surface area contributed by atoms with Gasteiger partial charge in [-0.3, -0.25) is 0 Å². The summed E-state index contributed by atoms with van der Waals surface area (Å²) in [5, 5.41) is 6.70.